The molecule has 1 aromatic rings. The molecule has 0 spiro atoms. The van der Waals surface area contributed by atoms with Gasteiger partial charge in [-0.1, -0.05) is 12.1 Å². The van der Waals surface area contributed by atoms with Crippen LogP contribution in [0.2, 0.25) is 0 Å². The number of nitrogens with one attached hydrogen (secondary N) is 2. The van der Waals surface area contributed by atoms with E-state index >= 15 is 0 Å². The van der Waals surface area contributed by atoms with Gasteiger partial charge >= 0.3 is 0 Å². The van der Waals surface area contributed by atoms with Gasteiger partial charge in [0.05, 0.1) is 5.69 Å². The minimum Gasteiger partial charge on any atom is -0.325 e. The Labute approximate surface area is 113 Å². The Balaban J connectivity index is 3.00. The Bertz CT molecular complexity index is 562. The summed E-state index contributed by atoms with van der Waals surface area (Å²) in [6, 6.07) is 6.20. The number of hydrogen-bond acceptors (Lipinski definition) is 4. The molecule has 0 saturated heterocycles. The predicted octanol–water partition coefficient (Wildman–Crippen LogP) is 0.661. The van der Waals surface area contributed by atoms with Gasteiger partial charge in [-0.05, 0) is 33.0 Å². The minimum absolute atomic E-state index is 0.0284. The van der Waals surface area contributed by atoms with Gasteiger partial charge in [-0.2, -0.15) is 0 Å². The van der Waals surface area contributed by atoms with E-state index in [0.717, 1.165) is 0 Å². The first-order chi connectivity index (χ1) is 8.65. The third-order valence-corrected chi connectivity index (χ3v) is 3.81. The SMILES string of the molecule is CNS(=O)(=O)c1ccccc1NC(=O)CC(C)(C)N. The topological polar surface area (TPSA) is 101 Å². The van der Waals surface area contributed by atoms with E-state index in [0.29, 0.717) is 0 Å². The summed E-state index contributed by atoms with van der Waals surface area (Å²) in [7, 11) is -2.30. The van der Waals surface area contributed by atoms with Crippen molar-refractivity contribution in [2.24, 2.45) is 5.73 Å². The molecule has 0 heterocycles. The lowest BCUT2D eigenvalue weighted by Gasteiger charge is -2.18. The summed E-state index contributed by atoms with van der Waals surface area (Å²) >= 11 is 0. The van der Waals surface area contributed by atoms with E-state index in [-0.39, 0.29) is 22.9 Å². The quantitative estimate of drug-likeness (QED) is 0.739. The van der Waals surface area contributed by atoms with Crippen molar-refractivity contribution >= 4 is 21.6 Å². The minimum atomic E-state index is -3.61. The Morgan fingerprint density at radius 3 is 2.42 bits per heavy atom. The zero-order valence-corrected chi connectivity index (χ0v) is 12.0. The molecule has 0 unspecified atom stereocenters. The lowest BCUT2D eigenvalue weighted by atomic mass is 10.0. The Kier molecular flexibility index (Phi) is 4.67. The summed E-state index contributed by atoms with van der Waals surface area (Å²) in [5.41, 5.74) is 5.34. The summed E-state index contributed by atoms with van der Waals surface area (Å²) in [5, 5.41) is 2.57. The van der Waals surface area contributed by atoms with Crippen LogP contribution >= 0.6 is 0 Å². The first kappa shape index (κ1) is 15.6. The van der Waals surface area contributed by atoms with E-state index < -0.39 is 15.6 Å². The third kappa shape index (κ3) is 4.62. The number of rotatable bonds is 5. The van der Waals surface area contributed by atoms with Gasteiger partial charge in [0.15, 0.2) is 0 Å². The van der Waals surface area contributed by atoms with E-state index in [1.54, 1.807) is 26.0 Å². The summed E-state index contributed by atoms with van der Waals surface area (Å²) in [5.74, 6) is -0.328. The molecule has 0 aliphatic carbocycles. The van der Waals surface area contributed by atoms with Crippen LogP contribution in [0.1, 0.15) is 20.3 Å². The number of anilines is 1. The first-order valence-electron chi connectivity index (χ1n) is 5.77. The second-order valence-electron chi connectivity index (χ2n) is 4.92. The first-order valence-corrected chi connectivity index (χ1v) is 7.25. The molecule has 4 N–H and O–H groups in total. The normalized spacial score (nSPS) is 12.2. The fraction of sp³-hybridized carbons (Fsp3) is 0.417. The summed E-state index contributed by atoms with van der Waals surface area (Å²) in [4.78, 5) is 11.8. The van der Waals surface area contributed by atoms with Gasteiger partial charge in [0.25, 0.3) is 0 Å². The van der Waals surface area contributed by atoms with Crippen LogP contribution in [0.4, 0.5) is 5.69 Å². The van der Waals surface area contributed by atoms with E-state index in [1.807, 2.05) is 0 Å². The zero-order valence-electron chi connectivity index (χ0n) is 11.2. The largest absolute Gasteiger partial charge is 0.325 e. The summed E-state index contributed by atoms with van der Waals surface area (Å²) < 4.78 is 25.8. The van der Waals surface area contributed by atoms with Gasteiger partial charge in [-0.3, -0.25) is 4.79 Å². The van der Waals surface area contributed by atoms with E-state index in [1.165, 1.54) is 19.2 Å². The molecule has 6 nitrogen and oxygen atoms in total. The molecule has 0 aromatic heterocycles. The van der Waals surface area contributed by atoms with Crippen LogP contribution in [0, 0.1) is 0 Å². The zero-order chi connectivity index (χ0) is 14.7. The molecular weight excluding hydrogens is 266 g/mol. The maximum Gasteiger partial charge on any atom is 0.242 e. The average molecular weight is 285 g/mol. The maximum atomic E-state index is 11.8. The van der Waals surface area contributed by atoms with Crippen LogP contribution in [0.5, 0.6) is 0 Å². The van der Waals surface area contributed by atoms with Gasteiger partial charge in [0, 0.05) is 12.0 Å². The van der Waals surface area contributed by atoms with Crippen molar-refractivity contribution in [3.8, 4) is 0 Å². The van der Waals surface area contributed by atoms with Gasteiger partial charge in [-0.15, -0.1) is 0 Å². The van der Waals surface area contributed by atoms with Gasteiger partial charge in [-0.25, -0.2) is 13.1 Å². The van der Waals surface area contributed by atoms with Crippen molar-refractivity contribution in [3.05, 3.63) is 24.3 Å². The fourth-order valence-corrected chi connectivity index (χ4v) is 2.41. The van der Waals surface area contributed by atoms with Crippen molar-refractivity contribution in [2.75, 3.05) is 12.4 Å². The fourth-order valence-electron chi connectivity index (χ4n) is 1.52. The molecule has 1 amide bonds. The molecule has 0 aliphatic rings. The van der Waals surface area contributed by atoms with Gasteiger partial charge in [0.1, 0.15) is 4.90 Å². The molecule has 0 radical (unpaired) electrons. The van der Waals surface area contributed by atoms with Crippen molar-refractivity contribution in [1.29, 1.82) is 0 Å². The third-order valence-electron chi connectivity index (χ3n) is 2.34. The van der Waals surface area contributed by atoms with Crippen molar-refractivity contribution < 1.29 is 13.2 Å². The molecule has 0 bridgehead atoms. The van der Waals surface area contributed by atoms with Crippen LogP contribution in [0.25, 0.3) is 0 Å². The van der Waals surface area contributed by atoms with E-state index in [9.17, 15) is 13.2 Å². The summed E-state index contributed by atoms with van der Waals surface area (Å²) in [6.45, 7) is 3.45. The number of carbonyl (C=O) groups excluding carboxylic acids is 1. The molecule has 1 aromatic carbocycles. The highest BCUT2D eigenvalue weighted by atomic mass is 32.2. The molecule has 0 atom stereocenters. The number of carbonyl (C=O) groups is 1. The number of sulfonamides is 1. The molecule has 7 heteroatoms. The lowest BCUT2D eigenvalue weighted by molar-refractivity contribution is -0.117. The second kappa shape index (κ2) is 5.68. The predicted molar refractivity (Wildman–Crippen MR) is 74.2 cm³/mol. The molecule has 106 valence electrons. The standard InChI is InChI=1S/C12H19N3O3S/c1-12(2,13)8-11(16)15-9-6-4-5-7-10(9)19(17,18)14-3/h4-7,14H,8,13H2,1-3H3,(H,15,16). The lowest BCUT2D eigenvalue weighted by Crippen LogP contribution is -2.36. The molecule has 0 aliphatic heterocycles. The van der Waals surface area contributed by atoms with Gasteiger partial charge in [0.2, 0.25) is 15.9 Å². The smallest absolute Gasteiger partial charge is 0.242 e. The second-order valence-corrected chi connectivity index (χ2v) is 6.77. The molecule has 1 rings (SSSR count). The van der Waals surface area contributed by atoms with Crippen LogP contribution in [-0.2, 0) is 14.8 Å². The Morgan fingerprint density at radius 1 is 1.32 bits per heavy atom. The van der Waals surface area contributed by atoms with E-state index in [2.05, 4.69) is 10.0 Å². The number of para-hydroxylation sites is 1. The highest BCUT2D eigenvalue weighted by Gasteiger charge is 2.20. The molecular formula is C12H19N3O3S. The van der Waals surface area contributed by atoms with Crippen LogP contribution in [-0.4, -0.2) is 26.9 Å². The molecule has 19 heavy (non-hydrogen) atoms. The van der Waals surface area contributed by atoms with Crippen LogP contribution < -0.4 is 15.8 Å². The van der Waals surface area contributed by atoms with Crippen molar-refractivity contribution in [3.63, 3.8) is 0 Å². The Hall–Kier alpha value is -1.44. The van der Waals surface area contributed by atoms with Crippen LogP contribution in [0.15, 0.2) is 29.2 Å². The number of amides is 1. The average Bonchev–Trinajstić information content (AvgIpc) is 2.27. The summed E-state index contributed by atoms with van der Waals surface area (Å²) in [6.07, 6.45) is 0.0982. The van der Waals surface area contributed by atoms with Crippen LogP contribution in [0.3, 0.4) is 0 Å². The molecule has 0 saturated carbocycles. The monoisotopic (exact) mass is 285 g/mol. The van der Waals surface area contributed by atoms with Crippen molar-refractivity contribution in [2.45, 2.75) is 30.7 Å². The van der Waals surface area contributed by atoms with Crippen molar-refractivity contribution in [1.82, 2.24) is 4.72 Å². The molecule has 0 fully saturated rings. The number of hydrogen-bond donors (Lipinski definition) is 3. The number of nitrogens with two attached hydrogens (primary N) is 1. The highest BCUT2D eigenvalue weighted by Crippen LogP contribution is 2.21. The van der Waals surface area contributed by atoms with E-state index in [4.69, 9.17) is 5.73 Å². The maximum absolute atomic E-state index is 11.8. The Morgan fingerprint density at radius 2 is 1.89 bits per heavy atom. The highest BCUT2D eigenvalue weighted by molar-refractivity contribution is 7.89. The van der Waals surface area contributed by atoms with Gasteiger partial charge < -0.3 is 11.1 Å². The number of benzene rings is 1.